The lowest BCUT2D eigenvalue weighted by Gasteiger charge is -2.29. The van der Waals surface area contributed by atoms with E-state index in [2.05, 4.69) is 30.1 Å². The van der Waals surface area contributed by atoms with Crippen molar-refractivity contribution in [2.45, 2.75) is 32.4 Å². The van der Waals surface area contributed by atoms with E-state index in [9.17, 15) is 0 Å². The van der Waals surface area contributed by atoms with Crippen LogP contribution in [0.25, 0.3) is 0 Å². The minimum Gasteiger partial charge on any atom is -0.361 e. The van der Waals surface area contributed by atoms with Crippen LogP contribution in [0.3, 0.4) is 0 Å². The smallest absolute Gasteiger partial charge is 0.156 e. The monoisotopic (exact) mass is 211 g/mol. The average molecular weight is 211 g/mol. The topological polar surface area (TPSA) is 48.3 Å². The third kappa shape index (κ3) is 5.12. The number of ether oxygens (including phenoxy) is 1. The maximum atomic E-state index is 8.74. The molecule has 0 bridgehead atoms. The number of hydrogen-bond donors (Lipinski definition) is 1. The van der Waals surface area contributed by atoms with Gasteiger partial charge in [-0.2, -0.15) is 5.26 Å². The Morgan fingerprint density at radius 3 is 3.07 bits per heavy atom. The largest absolute Gasteiger partial charge is 0.361 e. The van der Waals surface area contributed by atoms with Crippen LogP contribution in [0.1, 0.15) is 20.3 Å². The van der Waals surface area contributed by atoms with Crippen molar-refractivity contribution in [3.63, 3.8) is 0 Å². The lowest BCUT2D eigenvalue weighted by molar-refractivity contribution is 0.000261. The van der Waals surface area contributed by atoms with E-state index in [-0.39, 0.29) is 6.10 Å². The fraction of sp³-hybridized carbons (Fsp3) is 0.909. The highest BCUT2D eigenvalue weighted by molar-refractivity contribution is 4.89. The molecule has 0 amide bonds. The molecule has 0 aromatic heterocycles. The average Bonchev–Trinajstić information content (AvgIpc) is 2.24. The van der Waals surface area contributed by atoms with Gasteiger partial charge >= 0.3 is 0 Å². The van der Waals surface area contributed by atoms with E-state index in [1.807, 2.05) is 0 Å². The molecular formula is C11H21N3O. The third-order valence-corrected chi connectivity index (χ3v) is 2.50. The van der Waals surface area contributed by atoms with Crippen LogP contribution < -0.4 is 5.32 Å². The van der Waals surface area contributed by atoms with Gasteiger partial charge in [-0.15, -0.1) is 0 Å². The van der Waals surface area contributed by atoms with Crippen LogP contribution in [0, 0.1) is 11.3 Å². The molecule has 0 saturated carbocycles. The molecule has 0 aliphatic carbocycles. The molecule has 15 heavy (non-hydrogen) atoms. The second kappa shape index (κ2) is 6.78. The molecule has 1 heterocycles. The Morgan fingerprint density at radius 2 is 2.40 bits per heavy atom. The molecule has 0 aromatic rings. The van der Waals surface area contributed by atoms with E-state index in [0.717, 1.165) is 32.6 Å². The quantitative estimate of drug-likeness (QED) is 0.677. The Hall–Kier alpha value is -0.630. The highest BCUT2D eigenvalue weighted by atomic mass is 16.5. The summed E-state index contributed by atoms with van der Waals surface area (Å²) in [6.45, 7) is 8.82. The van der Waals surface area contributed by atoms with Gasteiger partial charge < -0.3 is 10.1 Å². The summed E-state index contributed by atoms with van der Waals surface area (Å²) in [6, 6.07) is 2.72. The van der Waals surface area contributed by atoms with Gasteiger partial charge in [0, 0.05) is 19.1 Å². The molecule has 1 fully saturated rings. The predicted octanol–water partition coefficient (Wildman–Crippen LogP) is 0.599. The lowest BCUT2D eigenvalue weighted by Crippen LogP contribution is -2.42. The Bertz CT molecular complexity index is 212. The van der Waals surface area contributed by atoms with Gasteiger partial charge in [-0.1, -0.05) is 13.8 Å². The van der Waals surface area contributed by atoms with Gasteiger partial charge in [-0.3, -0.25) is 4.90 Å². The zero-order chi connectivity index (χ0) is 11.1. The predicted molar refractivity (Wildman–Crippen MR) is 59.5 cm³/mol. The second-order valence-electron chi connectivity index (χ2n) is 4.25. The summed E-state index contributed by atoms with van der Waals surface area (Å²) in [5.41, 5.74) is 0. The van der Waals surface area contributed by atoms with E-state index in [1.54, 1.807) is 0 Å². The van der Waals surface area contributed by atoms with Crippen molar-refractivity contribution >= 4 is 0 Å². The van der Waals surface area contributed by atoms with Crippen molar-refractivity contribution in [2.75, 3.05) is 32.8 Å². The minimum absolute atomic E-state index is 0.225. The number of nitriles is 1. The molecule has 0 radical (unpaired) electrons. The zero-order valence-electron chi connectivity index (χ0n) is 9.70. The molecule has 1 saturated heterocycles. The molecule has 1 aliphatic rings. The van der Waals surface area contributed by atoms with Crippen LogP contribution >= 0.6 is 0 Å². The summed E-state index contributed by atoms with van der Waals surface area (Å²) < 4.78 is 5.28. The molecule has 1 rings (SSSR count). The van der Waals surface area contributed by atoms with Crippen LogP contribution in [-0.4, -0.2) is 49.8 Å². The molecule has 86 valence electrons. The van der Waals surface area contributed by atoms with E-state index in [0.29, 0.717) is 12.6 Å². The molecule has 4 nitrogen and oxygen atoms in total. The number of hydrogen-bond acceptors (Lipinski definition) is 4. The molecule has 1 N–H and O–H groups in total. The van der Waals surface area contributed by atoms with Gasteiger partial charge in [0.15, 0.2) is 6.10 Å². The Morgan fingerprint density at radius 1 is 1.60 bits per heavy atom. The summed E-state index contributed by atoms with van der Waals surface area (Å²) in [4.78, 5) is 2.30. The van der Waals surface area contributed by atoms with Crippen molar-refractivity contribution in [3.05, 3.63) is 0 Å². The Kier molecular flexibility index (Phi) is 5.62. The molecule has 4 heteroatoms. The number of nitrogens with one attached hydrogen (secondary N) is 1. The third-order valence-electron chi connectivity index (χ3n) is 2.50. The summed E-state index contributed by atoms with van der Waals surface area (Å²) in [5.74, 6) is 0. The summed E-state index contributed by atoms with van der Waals surface area (Å²) in [7, 11) is 0. The maximum absolute atomic E-state index is 8.74. The number of nitrogens with zero attached hydrogens (tertiary/aromatic N) is 2. The normalized spacial score (nSPS) is 22.9. The lowest BCUT2D eigenvalue weighted by atomic mass is 10.2. The maximum Gasteiger partial charge on any atom is 0.156 e. The minimum atomic E-state index is -0.225. The van der Waals surface area contributed by atoms with E-state index >= 15 is 0 Å². The first kappa shape index (κ1) is 12.4. The van der Waals surface area contributed by atoms with Gasteiger partial charge in [0.25, 0.3) is 0 Å². The molecule has 1 atom stereocenters. The van der Waals surface area contributed by atoms with Crippen LogP contribution in [0.2, 0.25) is 0 Å². The highest BCUT2D eigenvalue weighted by Crippen LogP contribution is 2.04. The fourth-order valence-electron chi connectivity index (χ4n) is 1.68. The zero-order valence-corrected chi connectivity index (χ0v) is 9.70. The van der Waals surface area contributed by atoms with Crippen LogP contribution in [0.5, 0.6) is 0 Å². The van der Waals surface area contributed by atoms with Crippen molar-refractivity contribution in [1.29, 1.82) is 5.26 Å². The van der Waals surface area contributed by atoms with Crippen molar-refractivity contribution in [1.82, 2.24) is 10.2 Å². The molecule has 1 aliphatic heterocycles. The Balaban J connectivity index is 2.08. The number of rotatable bonds is 5. The van der Waals surface area contributed by atoms with E-state index < -0.39 is 0 Å². The first-order valence-electron chi connectivity index (χ1n) is 5.69. The van der Waals surface area contributed by atoms with Crippen LogP contribution in [-0.2, 0) is 4.74 Å². The fourth-order valence-corrected chi connectivity index (χ4v) is 1.68. The standard InChI is InChI=1S/C11H21N3O/c1-10(2)13-4-3-5-14-6-7-15-11(8-12)9-14/h10-11,13H,3-7,9H2,1-2H3. The highest BCUT2D eigenvalue weighted by Gasteiger charge is 2.18. The molecule has 1 unspecified atom stereocenters. The van der Waals surface area contributed by atoms with Gasteiger partial charge in [0.05, 0.1) is 12.7 Å². The molecular weight excluding hydrogens is 190 g/mol. The summed E-state index contributed by atoms with van der Waals surface area (Å²) in [6.07, 6.45) is 0.910. The van der Waals surface area contributed by atoms with Crippen molar-refractivity contribution < 1.29 is 4.74 Å². The second-order valence-corrected chi connectivity index (χ2v) is 4.25. The van der Waals surface area contributed by atoms with Crippen molar-refractivity contribution in [2.24, 2.45) is 0 Å². The van der Waals surface area contributed by atoms with Gasteiger partial charge in [0.1, 0.15) is 0 Å². The van der Waals surface area contributed by atoms with Gasteiger partial charge in [-0.05, 0) is 19.5 Å². The van der Waals surface area contributed by atoms with Gasteiger partial charge in [-0.25, -0.2) is 0 Å². The van der Waals surface area contributed by atoms with Crippen LogP contribution in [0.4, 0.5) is 0 Å². The Labute approximate surface area is 92.2 Å². The number of morpholine rings is 1. The van der Waals surface area contributed by atoms with Gasteiger partial charge in [0.2, 0.25) is 0 Å². The SMILES string of the molecule is CC(C)NCCCN1CCOC(C#N)C1. The van der Waals surface area contributed by atoms with E-state index in [1.165, 1.54) is 0 Å². The van der Waals surface area contributed by atoms with Crippen LogP contribution in [0.15, 0.2) is 0 Å². The van der Waals surface area contributed by atoms with E-state index in [4.69, 9.17) is 10.00 Å². The first-order valence-corrected chi connectivity index (χ1v) is 5.69. The molecule has 0 aromatic carbocycles. The summed E-state index contributed by atoms with van der Waals surface area (Å²) in [5, 5.41) is 12.1. The summed E-state index contributed by atoms with van der Waals surface area (Å²) >= 11 is 0. The molecule has 0 spiro atoms. The first-order chi connectivity index (χ1) is 7.22. The van der Waals surface area contributed by atoms with Crippen molar-refractivity contribution in [3.8, 4) is 6.07 Å².